The van der Waals surface area contributed by atoms with Crippen LogP contribution in [0.2, 0.25) is 0 Å². The van der Waals surface area contributed by atoms with Crippen molar-refractivity contribution in [3.8, 4) is 11.1 Å². The van der Waals surface area contributed by atoms with Gasteiger partial charge in [-0.15, -0.1) is 0 Å². The molecular weight excluding hydrogens is 316 g/mol. The van der Waals surface area contributed by atoms with Gasteiger partial charge in [-0.05, 0) is 54.4 Å². The minimum absolute atomic E-state index is 0.0609. The summed E-state index contributed by atoms with van der Waals surface area (Å²) in [7, 11) is 0. The van der Waals surface area contributed by atoms with E-state index >= 15 is 0 Å². The van der Waals surface area contributed by atoms with E-state index in [1.165, 1.54) is 12.1 Å². The van der Waals surface area contributed by atoms with Gasteiger partial charge >= 0.3 is 0 Å². The Labute approximate surface area is 145 Å². The Morgan fingerprint density at radius 3 is 2.08 bits per heavy atom. The van der Waals surface area contributed by atoms with Crippen LogP contribution in [0.5, 0.6) is 0 Å². The maximum absolute atomic E-state index is 12.2. The van der Waals surface area contributed by atoms with Crippen LogP contribution in [0.4, 0.5) is 11.4 Å². The molecule has 3 rings (SSSR count). The molecule has 0 radical (unpaired) electrons. The summed E-state index contributed by atoms with van der Waals surface area (Å²) in [5.41, 5.74) is 4.19. The van der Waals surface area contributed by atoms with E-state index in [4.69, 9.17) is 0 Å². The second kappa shape index (κ2) is 6.97. The van der Waals surface area contributed by atoms with Gasteiger partial charge in [0.05, 0.1) is 4.92 Å². The minimum Gasteiger partial charge on any atom is -0.322 e. The number of benzene rings is 3. The van der Waals surface area contributed by atoms with Crippen LogP contribution in [0.1, 0.15) is 15.9 Å². The molecule has 0 saturated heterocycles. The third-order valence-corrected chi connectivity index (χ3v) is 3.83. The largest absolute Gasteiger partial charge is 0.322 e. The fraction of sp³-hybridized carbons (Fsp3) is 0.0500. The molecule has 25 heavy (non-hydrogen) atoms. The first kappa shape index (κ1) is 16.4. The van der Waals surface area contributed by atoms with Gasteiger partial charge in [-0.25, -0.2) is 0 Å². The molecule has 3 aromatic carbocycles. The molecule has 124 valence electrons. The molecule has 0 unspecified atom stereocenters. The smallest absolute Gasteiger partial charge is 0.269 e. The number of aryl methyl sites for hydroxylation is 1. The van der Waals surface area contributed by atoms with Crippen LogP contribution in [0.3, 0.4) is 0 Å². The van der Waals surface area contributed by atoms with Gasteiger partial charge in [-0.3, -0.25) is 14.9 Å². The quantitative estimate of drug-likeness (QED) is 0.550. The van der Waals surface area contributed by atoms with E-state index in [2.05, 4.69) is 5.32 Å². The SMILES string of the molecule is Cc1cccc(C(=O)Nc2ccc(-c3ccc([N+](=O)[O-])cc3)cc2)c1. The number of nitrogens with zero attached hydrogens (tertiary/aromatic N) is 1. The van der Waals surface area contributed by atoms with Crippen molar-refractivity contribution in [3.05, 3.63) is 94.0 Å². The third kappa shape index (κ3) is 3.90. The molecule has 0 spiro atoms. The zero-order valence-electron chi connectivity index (χ0n) is 13.6. The lowest BCUT2D eigenvalue weighted by molar-refractivity contribution is -0.384. The third-order valence-electron chi connectivity index (χ3n) is 3.83. The Hall–Kier alpha value is -3.47. The predicted octanol–water partition coefficient (Wildman–Crippen LogP) is 4.82. The monoisotopic (exact) mass is 332 g/mol. The highest BCUT2D eigenvalue weighted by Gasteiger charge is 2.07. The van der Waals surface area contributed by atoms with Crippen LogP contribution in [-0.2, 0) is 0 Å². The Morgan fingerprint density at radius 1 is 0.920 bits per heavy atom. The lowest BCUT2D eigenvalue weighted by atomic mass is 10.0. The van der Waals surface area contributed by atoms with E-state index in [9.17, 15) is 14.9 Å². The second-order valence-electron chi connectivity index (χ2n) is 5.70. The molecule has 0 heterocycles. The van der Waals surface area contributed by atoms with Gasteiger partial charge in [-0.2, -0.15) is 0 Å². The Morgan fingerprint density at radius 2 is 1.52 bits per heavy atom. The molecule has 0 aliphatic heterocycles. The number of non-ortho nitro benzene ring substituents is 1. The lowest BCUT2D eigenvalue weighted by Gasteiger charge is -2.07. The molecule has 0 atom stereocenters. The standard InChI is InChI=1S/C20H16N2O3/c1-14-3-2-4-17(13-14)20(23)21-18-9-5-15(6-10-18)16-7-11-19(12-8-16)22(24)25/h2-13H,1H3,(H,21,23). The Bertz CT molecular complexity index is 916. The first-order chi connectivity index (χ1) is 12.0. The van der Waals surface area contributed by atoms with E-state index in [0.29, 0.717) is 11.3 Å². The fourth-order valence-corrected chi connectivity index (χ4v) is 2.51. The van der Waals surface area contributed by atoms with Gasteiger partial charge in [0, 0.05) is 23.4 Å². The van der Waals surface area contributed by atoms with Crippen molar-refractivity contribution >= 4 is 17.3 Å². The number of nitrogens with one attached hydrogen (secondary N) is 1. The molecule has 5 nitrogen and oxygen atoms in total. The van der Waals surface area contributed by atoms with Crippen LogP contribution in [0, 0.1) is 17.0 Å². The number of nitro benzene ring substituents is 1. The number of hydrogen-bond acceptors (Lipinski definition) is 3. The van der Waals surface area contributed by atoms with E-state index in [-0.39, 0.29) is 11.6 Å². The predicted molar refractivity (Wildman–Crippen MR) is 97.7 cm³/mol. The molecule has 0 aliphatic rings. The van der Waals surface area contributed by atoms with Gasteiger partial charge in [0.1, 0.15) is 0 Å². The molecule has 0 saturated carbocycles. The summed E-state index contributed by atoms with van der Waals surface area (Å²) in [4.78, 5) is 22.5. The summed E-state index contributed by atoms with van der Waals surface area (Å²) in [6.07, 6.45) is 0. The number of nitro groups is 1. The second-order valence-corrected chi connectivity index (χ2v) is 5.70. The summed E-state index contributed by atoms with van der Waals surface area (Å²) in [5, 5.41) is 13.6. The van der Waals surface area contributed by atoms with E-state index in [0.717, 1.165) is 16.7 Å². The van der Waals surface area contributed by atoms with Crippen LogP contribution < -0.4 is 5.32 Å². The van der Waals surface area contributed by atoms with Crippen LogP contribution in [0.25, 0.3) is 11.1 Å². The Kier molecular flexibility index (Phi) is 4.57. The van der Waals surface area contributed by atoms with Crippen molar-refractivity contribution < 1.29 is 9.72 Å². The normalized spacial score (nSPS) is 10.3. The van der Waals surface area contributed by atoms with Crippen LogP contribution >= 0.6 is 0 Å². The zero-order valence-corrected chi connectivity index (χ0v) is 13.6. The first-order valence-electron chi connectivity index (χ1n) is 7.76. The number of hydrogen-bond donors (Lipinski definition) is 1. The van der Waals surface area contributed by atoms with Gasteiger partial charge in [-0.1, -0.05) is 29.8 Å². The van der Waals surface area contributed by atoms with Crippen molar-refractivity contribution in [2.75, 3.05) is 5.32 Å². The lowest BCUT2D eigenvalue weighted by Crippen LogP contribution is -2.11. The van der Waals surface area contributed by atoms with Crippen LogP contribution in [-0.4, -0.2) is 10.8 Å². The average molecular weight is 332 g/mol. The van der Waals surface area contributed by atoms with Gasteiger partial charge in [0.2, 0.25) is 0 Å². The van der Waals surface area contributed by atoms with Gasteiger partial charge in [0.25, 0.3) is 11.6 Å². The summed E-state index contributed by atoms with van der Waals surface area (Å²) < 4.78 is 0. The van der Waals surface area contributed by atoms with Crippen molar-refractivity contribution in [2.24, 2.45) is 0 Å². The number of carbonyl (C=O) groups is 1. The van der Waals surface area contributed by atoms with Gasteiger partial charge in [0.15, 0.2) is 0 Å². The fourth-order valence-electron chi connectivity index (χ4n) is 2.51. The highest BCUT2D eigenvalue weighted by Crippen LogP contribution is 2.24. The molecule has 1 N–H and O–H groups in total. The van der Waals surface area contributed by atoms with E-state index < -0.39 is 4.92 Å². The number of amides is 1. The van der Waals surface area contributed by atoms with Crippen molar-refractivity contribution in [3.63, 3.8) is 0 Å². The van der Waals surface area contributed by atoms with Gasteiger partial charge < -0.3 is 5.32 Å². The van der Waals surface area contributed by atoms with Crippen molar-refractivity contribution in [1.29, 1.82) is 0 Å². The summed E-state index contributed by atoms with van der Waals surface area (Å²) in [5.74, 6) is -0.160. The minimum atomic E-state index is -0.423. The van der Waals surface area contributed by atoms with Crippen LogP contribution in [0.15, 0.2) is 72.8 Å². The molecule has 0 fully saturated rings. The average Bonchev–Trinajstić information content (AvgIpc) is 2.62. The molecule has 5 heteroatoms. The molecule has 1 amide bonds. The number of carbonyl (C=O) groups excluding carboxylic acids is 1. The molecular formula is C20H16N2O3. The molecule has 3 aromatic rings. The van der Waals surface area contributed by atoms with E-state index in [1.807, 2.05) is 49.4 Å². The number of anilines is 1. The highest BCUT2D eigenvalue weighted by atomic mass is 16.6. The first-order valence-corrected chi connectivity index (χ1v) is 7.76. The van der Waals surface area contributed by atoms with E-state index in [1.54, 1.807) is 18.2 Å². The zero-order chi connectivity index (χ0) is 17.8. The molecule has 0 aromatic heterocycles. The van der Waals surface area contributed by atoms with Crippen molar-refractivity contribution in [2.45, 2.75) is 6.92 Å². The number of rotatable bonds is 4. The topological polar surface area (TPSA) is 72.2 Å². The Balaban J connectivity index is 1.73. The molecule has 0 bridgehead atoms. The maximum Gasteiger partial charge on any atom is 0.269 e. The highest BCUT2D eigenvalue weighted by molar-refractivity contribution is 6.04. The molecule has 0 aliphatic carbocycles. The summed E-state index contributed by atoms with van der Waals surface area (Å²) in [6, 6.07) is 21.1. The van der Waals surface area contributed by atoms with Crippen molar-refractivity contribution in [1.82, 2.24) is 0 Å². The summed E-state index contributed by atoms with van der Waals surface area (Å²) >= 11 is 0. The summed E-state index contributed by atoms with van der Waals surface area (Å²) in [6.45, 7) is 1.94. The maximum atomic E-state index is 12.2.